The molecule has 2 N–H and O–H groups in total. The normalized spacial score (nSPS) is 23.6. The number of nitrogens with zero attached hydrogens (tertiary/aromatic N) is 4. The van der Waals surface area contributed by atoms with Crippen molar-refractivity contribution < 1.29 is 0 Å². The van der Waals surface area contributed by atoms with Crippen molar-refractivity contribution in [2.24, 2.45) is 11.8 Å². The second-order valence-corrected chi connectivity index (χ2v) is 12.1. The number of rotatable bonds is 10. The van der Waals surface area contributed by atoms with E-state index in [1.54, 1.807) is 0 Å². The van der Waals surface area contributed by atoms with Crippen molar-refractivity contribution in [3.05, 3.63) is 59.7 Å². The number of piperazine rings is 2. The largest absolute Gasteiger partial charge is 0.369 e. The van der Waals surface area contributed by atoms with Crippen LogP contribution in [0.2, 0.25) is 0 Å². The molecule has 208 valence electrons. The van der Waals surface area contributed by atoms with E-state index in [1.165, 1.54) is 48.2 Å². The van der Waals surface area contributed by atoms with Gasteiger partial charge in [0, 0.05) is 76.8 Å². The fraction of sp³-hybridized carbons (Fsp3) is 0.625. The third kappa shape index (κ3) is 7.95. The van der Waals surface area contributed by atoms with Gasteiger partial charge in [0.15, 0.2) is 0 Å². The van der Waals surface area contributed by atoms with Crippen molar-refractivity contribution in [1.82, 2.24) is 20.4 Å². The molecule has 3 aliphatic rings. The lowest BCUT2D eigenvalue weighted by Gasteiger charge is -2.34. The van der Waals surface area contributed by atoms with Gasteiger partial charge in [-0.2, -0.15) is 0 Å². The molecule has 2 saturated heterocycles. The Morgan fingerprint density at radius 2 is 0.974 bits per heavy atom. The monoisotopic (exact) mass is 518 g/mol. The molecule has 2 heterocycles. The number of nitrogens with one attached hydrogen (secondary N) is 2. The Bertz CT molecular complexity index is 867. The zero-order chi connectivity index (χ0) is 26.2. The minimum Gasteiger partial charge on any atom is -0.369 e. The molecule has 38 heavy (non-hydrogen) atoms. The molecule has 5 rings (SSSR count). The zero-order valence-electron chi connectivity index (χ0n) is 23.9. The fourth-order valence-corrected chi connectivity index (χ4v) is 6.39. The molecule has 2 unspecified atom stereocenters. The highest BCUT2D eigenvalue weighted by Crippen LogP contribution is 2.28. The molecule has 0 radical (unpaired) electrons. The summed E-state index contributed by atoms with van der Waals surface area (Å²) in [6, 6.07) is 18.5. The van der Waals surface area contributed by atoms with E-state index in [0.717, 1.165) is 90.4 Å². The summed E-state index contributed by atoms with van der Waals surface area (Å²) in [6.45, 7) is 13.4. The first-order valence-corrected chi connectivity index (χ1v) is 15.1. The van der Waals surface area contributed by atoms with Crippen molar-refractivity contribution in [3.8, 4) is 0 Å². The molecule has 6 nitrogen and oxygen atoms in total. The fourth-order valence-electron chi connectivity index (χ4n) is 6.39. The minimum absolute atomic E-state index is 0.808. The standard InChI is InChI=1S/C32H50N6/c1-35-14-18-37(19-15-35)31-10-6-27(7-11-31)23-33-25-29-4-3-5-30(22-29)26-34-24-28-8-12-32(13-9-28)38-20-16-36(2)17-21-38/h6-13,29-30,33-34H,3-5,14-26H2,1-2H3. The third-order valence-electron chi connectivity index (χ3n) is 9.03. The van der Waals surface area contributed by atoms with Crippen molar-refractivity contribution in [1.29, 1.82) is 0 Å². The number of benzene rings is 2. The van der Waals surface area contributed by atoms with Gasteiger partial charge in [-0.1, -0.05) is 30.7 Å². The van der Waals surface area contributed by atoms with Crippen molar-refractivity contribution in [3.63, 3.8) is 0 Å². The second-order valence-electron chi connectivity index (χ2n) is 12.1. The molecule has 0 amide bonds. The molecule has 0 spiro atoms. The van der Waals surface area contributed by atoms with Crippen LogP contribution in [0.15, 0.2) is 48.5 Å². The Balaban J connectivity index is 0.977. The van der Waals surface area contributed by atoms with E-state index in [2.05, 4.69) is 92.9 Å². The lowest BCUT2D eigenvalue weighted by Crippen LogP contribution is -2.44. The molecule has 0 bridgehead atoms. The van der Waals surface area contributed by atoms with E-state index < -0.39 is 0 Å². The highest BCUT2D eigenvalue weighted by molar-refractivity contribution is 5.49. The lowest BCUT2D eigenvalue weighted by molar-refractivity contribution is 0.252. The Morgan fingerprint density at radius 3 is 1.37 bits per heavy atom. The molecule has 0 aromatic heterocycles. The summed E-state index contributed by atoms with van der Waals surface area (Å²) in [6.07, 6.45) is 5.47. The zero-order valence-corrected chi connectivity index (χ0v) is 23.9. The molecule has 1 saturated carbocycles. The van der Waals surface area contributed by atoms with E-state index in [9.17, 15) is 0 Å². The molecular formula is C32H50N6. The Hall–Kier alpha value is -2.12. The van der Waals surface area contributed by atoms with Gasteiger partial charge in [-0.25, -0.2) is 0 Å². The van der Waals surface area contributed by atoms with Gasteiger partial charge >= 0.3 is 0 Å². The topological polar surface area (TPSA) is 37.0 Å². The van der Waals surface area contributed by atoms with E-state index in [4.69, 9.17) is 0 Å². The Labute approximate surface area is 231 Å². The van der Waals surface area contributed by atoms with Crippen LogP contribution in [0.4, 0.5) is 11.4 Å². The molecule has 2 aliphatic heterocycles. The highest BCUT2D eigenvalue weighted by Gasteiger charge is 2.21. The quantitative estimate of drug-likeness (QED) is 0.497. The van der Waals surface area contributed by atoms with Crippen LogP contribution < -0.4 is 20.4 Å². The van der Waals surface area contributed by atoms with Crippen molar-refractivity contribution >= 4 is 11.4 Å². The Morgan fingerprint density at radius 1 is 0.579 bits per heavy atom. The summed E-state index contributed by atoms with van der Waals surface area (Å²) < 4.78 is 0. The summed E-state index contributed by atoms with van der Waals surface area (Å²) in [7, 11) is 4.43. The van der Waals surface area contributed by atoms with E-state index >= 15 is 0 Å². The van der Waals surface area contributed by atoms with Gasteiger partial charge in [0.05, 0.1) is 0 Å². The summed E-state index contributed by atoms with van der Waals surface area (Å²) in [5.41, 5.74) is 5.54. The van der Waals surface area contributed by atoms with Crippen LogP contribution in [-0.4, -0.2) is 89.3 Å². The molecule has 2 atom stereocenters. The van der Waals surface area contributed by atoms with Crippen LogP contribution in [0, 0.1) is 11.8 Å². The van der Waals surface area contributed by atoms with Crippen LogP contribution in [0.3, 0.4) is 0 Å². The summed E-state index contributed by atoms with van der Waals surface area (Å²) >= 11 is 0. The van der Waals surface area contributed by atoms with Gasteiger partial charge in [-0.05, 0) is 93.7 Å². The molecule has 3 fully saturated rings. The molecule has 2 aromatic rings. The van der Waals surface area contributed by atoms with E-state index in [-0.39, 0.29) is 0 Å². The maximum atomic E-state index is 3.77. The average molecular weight is 519 g/mol. The maximum absolute atomic E-state index is 3.77. The molecule has 6 heteroatoms. The Kier molecular flexibility index (Phi) is 9.96. The van der Waals surface area contributed by atoms with Gasteiger partial charge in [-0.3, -0.25) is 0 Å². The van der Waals surface area contributed by atoms with Crippen molar-refractivity contribution in [2.45, 2.75) is 38.8 Å². The van der Waals surface area contributed by atoms with Gasteiger partial charge in [0.1, 0.15) is 0 Å². The average Bonchev–Trinajstić information content (AvgIpc) is 2.95. The van der Waals surface area contributed by atoms with Crippen LogP contribution in [0.5, 0.6) is 0 Å². The number of hydrogen-bond donors (Lipinski definition) is 2. The first kappa shape index (κ1) is 27.4. The van der Waals surface area contributed by atoms with Gasteiger partial charge < -0.3 is 30.2 Å². The minimum atomic E-state index is 0.808. The SMILES string of the molecule is CN1CCN(c2ccc(CNCC3CCCC(CNCc4ccc(N5CCN(C)CC5)cc4)C3)cc2)CC1. The van der Waals surface area contributed by atoms with Gasteiger partial charge in [0.2, 0.25) is 0 Å². The number of hydrogen-bond acceptors (Lipinski definition) is 6. The van der Waals surface area contributed by atoms with Gasteiger partial charge in [0.25, 0.3) is 0 Å². The number of anilines is 2. The molecule has 2 aromatic carbocycles. The van der Waals surface area contributed by atoms with Crippen LogP contribution in [0.1, 0.15) is 36.8 Å². The highest BCUT2D eigenvalue weighted by atomic mass is 15.3. The smallest absolute Gasteiger partial charge is 0.0367 e. The van der Waals surface area contributed by atoms with E-state index in [0.29, 0.717) is 0 Å². The summed E-state index contributed by atoms with van der Waals surface area (Å²) in [5.74, 6) is 1.62. The first-order chi connectivity index (χ1) is 18.6. The second kappa shape index (κ2) is 13.8. The lowest BCUT2D eigenvalue weighted by atomic mass is 9.81. The number of likely N-dealkylation sites (N-methyl/N-ethyl adjacent to an activating group) is 2. The van der Waals surface area contributed by atoms with Gasteiger partial charge in [-0.15, -0.1) is 0 Å². The summed E-state index contributed by atoms with van der Waals surface area (Å²) in [5, 5.41) is 7.53. The van der Waals surface area contributed by atoms with E-state index in [1.807, 2.05) is 0 Å². The van der Waals surface area contributed by atoms with Crippen LogP contribution >= 0.6 is 0 Å². The first-order valence-electron chi connectivity index (χ1n) is 15.1. The third-order valence-corrected chi connectivity index (χ3v) is 9.03. The molecular weight excluding hydrogens is 468 g/mol. The predicted octanol–water partition coefficient (Wildman–Crippen LogP) is 3.88. The van der Waals surface area contributed by atoms with Crippen LogP contribution in [0.25, 0.3) is 0 Å². The molecule has 1 aliphatic carbocycles. The maximum Gasteiger partial charge on any atom is 0.0367 e. The summed E-state index contributed by atoms with van der Waals surface area (Å²) in [4.78, 5) is 9.84. The van der Waals surface area contributed by atoms with Crippen LogP contribution in [-0.2, 0) is 13.1 Å². The predicted molar refractivity (Wildman–Crippen MR) is 161 cm³/mol. The van der Waals surface area contributed by atoms with Crippen molar-refractivity contribution in [2.75, 3.05) is 89.3 Å².